The van der Waals surface area contributed by atoms with Gasteiger partial charge in [0.15, 0.2) is 6.61 Å². The zero-order valence-corrected chi connectivity index (χ0v) is 11.5. The number of hydrogen-bond donors (Lipinski definition) is 1. The molecule has 2 amide bonds. The molecule has 2 N–H and O–H groups in total. The summed E-state index contributed by atoms with van der Waals surface area (Å²) in [5.74, 6) is -1.61. The second kappa shape index (κ2) is 6.83. The molecule has 1 aliphatic heterocycles. The summed E-state index contributed by atoms with van der Waals surface area (Å²) in [4.78, 5) is 40.3. The van der Waals surface area contributed by atoms with Crippen LogP contribution >= 0.6 is 0 Å². The van der Waals surface area contributed by atoms with Crippen LogP contribution in [0.3, 0.4) is 0 Å². The molecule has 0 radical (unpaired) electrons. The van der Waals surface area contributed by atoms with Crippen molar-refractivity contribution in [1.82, 2.24) is 9.88 Å². The molecule has 0 unspecified atom stereocenters. The quantitative estimate of drug-likeness (QED) is 0.793. The molecule has 1 atom stereocenters. The summed E-state index contributed by atoms with van der Waals surface area (Å²) in [6.07, 6.45) is 3.68. The van der Waals surface area contributed by atoms with E-state index >= 15 is 0 Å². The lowest BCUT2D eigenvalue weighted by atomic mass is 10.0. The normalized spacial score (nSPS) is 18.1. The van der Waals surface area contributed by atoms with Crippen LogP contribution in [0.5, 0.6) is 0 Å². The maximum Gasteiger partial charge on any atom is 0.357 e. The fourth-order valence-electron chi connectivity index (χ4n) is 2.29. The van der Waals surface area contributed by atoms with Crippen LogP contribution in [0.1, 0.15) is 29.8 Å². The average Bonchev–Trinajstić information content (AvgIpc) is 2.53. The molecule has 1 fully saturated rings. The topological polar surface area (TPSA) is 103 Å². The Labute approximate surface area is 122 Å². The van der Waals surface area contributed by atoms with Crippen LogP contribution in [0, 0.1) is 0 Å². The van der Waals surface area contributed by atoms with E-state index in [-0.39, 0.29) is 5.69 Å². The Morgan fingerprint density at radius 2 is 2.14 bits per heavy atom. The summed E-state index contributed by atoms with van der Waals surface area (Å²) in [5.41, 5.74) is 5.43. The lowest BCUT2D eigenvalue weighted by molar-refractivity contribution is -0.143. The van der Waals surface area contributed by atoms with E-state index in [1.54, 1.807) is 12.1 Å². The van der Waals surface area contributed by atoms with Gasteiger partial charge >= 0.3 is 5.97 Å². The molecular formula is C14H17N3O4. The molecule has 0 saturated carbocycles. The van der Waals surface area contributed by atoms with Crippen LogP contribution < -0.4 is 5.73 Å². The highest BCUT2D eigenvalue weighted by Crippen LogP contribution is 2.17. The second-order valence-corrected chi connectivity index (χ2v) is 4.79. The van der Waals surface area contributed by atoms with Crippen molar-refractivity contribution in [2.45, 2.75) is 25.3 Å². The van der Waals surface area contributed by atoms with Crippen molar-refractivity contribution >= 4 is 17.8 Å². The number of nitrogens with two attached hydrogens (primary N) is 1. The maximum absolute atomic E-state index is 12.1. The fourth-order valence-corrected chi connectivity index (χ4v) is 2.29. The summed E-state index contributed by atoms with van der Waals surface area (Å²) in [6.45, 7) is 0.0345. The molecule has 1 saturated heterocycles. The first-order valence-corrected chi connectivity index (χ1v) is 6.76. The number of piperidine rings is 1. The number of rotatable bonds is 4. The number of carbonyl (C=O) groups excluding carboxylic acids is 3. The number of carbonyl (C=O) groups is 3. The van der Waals surface area contributed by atoms with E-state index in [1.807, 2.05) is 0 Å². The van der Waals surface area contributed by atoms with E-state index < -0.39 is 30.4 Å². The van der Waals surface area contributed by atoms with Crippen LogP contribution in [0.15, 0.2) is 24.4 Å². The monoisotopic (exact) mass is 291 g/mol. The highest BCUT2D eigenvalue weighted by Gasteiger charge is 2.31. The van der Waals surface area contributed by atoms with Gasteiger partial charge in [-0.15, -0.1) is 0 Å². The van der Waals surface area contributed by atoms with E-state index in [4.69, 9.17) is 10.5 Å². The number of ether oxygens (including phenoxy) is 1. The van der Waals surface area contributed by atoms with E-state index in [9.17, 15) is 14.4 Å². The van der Waals surface area contributed by atoms with Gasteiger partial charge in [0.2, 0.25) is 5.91 Å². The third-order valence-corrected chi connectivity index (χ3v) is 3.35. The van der Waals surface area contributed by atoms with Gasteiger partial charge in [0.1, 0.15) is 11.7 Å². The summed E-state index contributed by atoms with van der Waals surface area (Å²) < 4.78 is 4.93. The maximum atomic E-state index is 12.1. The highest BCUT2D eigenvalue weighted by atomic mass is 16.5. The Bertz CT molecular complexity index is 532. The van der Waals surface area contributed by atoms with Crippen molar-refractivity contribution in [3.05, 3.63) is 30.1 Å². The molecule has 7 heteroatoms. The van der Waals surface area contributed by atoms with Crippen LogP contribution in [0.2, 0.25) is 0 Å². The lowest BCUT2D eigenvalue weighted by Gasteiger charge is -2.33. The Morgan fingerprint density at radius 3 is 2.81 bits per heavy atom. The van der Waals surface area contributed by atoms with Gasteiger partial charge in [-0.2, -0.15) is 0 Å². The van der Waals surface area contributed by atoms with E-state index in [0.29, 0.717) is 13.0 Å². The smallest absolute Gasteiger partial charge is 0.357 e. The molecule has 1 aromatic rings. The first-order chi connectivity index (χ1) is 10.1. The minimum Gasteiger partial charge on any atom is -0.451 e. The minimum atomic E-state index is -0.670. The molecule has 0 aliphatic carbocycles. The van der Waals surface area contributed by atoms with Crippen molar-refractivity contribution in [3.63, 3.8) is 0 Å². The van der Waals surface area contributed by atoms with Gasteiger partial charge in [-0.1, -0.05) is 6.07 Å². The van der Waals surface area contributed by atoms with E-state index in [1.165, 1.54) is 17.2 Å². The number of likely N-dealkylation sites (tertiary alicyclic amines) is 1. The molecule has 1 aliphatic rings. The van der Waals surface area contributed by atoms with E-state index in [2.05, 4.69) is 4.98 Å². The fraction of sp³-hybridized carbons (Fsp3) is 0.429. The molecule has 7 nitrogen and oxygen atoms in total. The summed E-state index contributed by atoms with van der Waals surface area (Å²) in [7, 11) is 0. The summed E-state index contributed by atoms with van der Waals surface area (Å²) in [5, 5.41) is 0. The third kappa shape index (κ3) is 3.77. The van der Waals surface area contributed by atoms with Gasteiger partial charge in [-0.05, 0) is 31.4 Å². The highest BCUT2D eigenvalue weighted by molar-refractivity contribution is 5.91. The number of esters is 1. The van der Waals surface area contributed by atoms with Crippen molar-refractivity contribution in [3.8, 4) is 0 Å². The van der Waals surface area contributed by atoms with Gasteiger partial charge in [0.25, 0.3) is 5.91 Å². The molecular weight excluding hydrogens is 274 g/mol. The number of amides is 2. The molecule has 2 heterocycles. The third-order valence-electron chi connectivity index (χ3n) is 3.35. The number of aromatic nitrogens is 1. The number of hydrogen-bond acceptors (Lipinski definition) is 5. The minimum absolute atomic E-state index is 0.135. The number of primary amides is 1. The van der Waals surface area contributed by atoms with E-state index in [0.717, 1.165) is 12.8 Å². The lowest BCUT2D eigenvalue weighted by Crippen LogP contribution is -2.51. The zero-order valence-electron chi connectivity index (χ0n) is 11.5. The first-order valence-electron chi connectivity index (χ1n) is 6.76. The van der Waals surface area contributed by atoms with Gasteiger partial charge in [0, 0.05) is 12.7 Å². The first kappa shape index (κ1) is 15.0. The summed E-state index contributed by atoms with van der Waals surface area (Å²) >= 11 is 0. The van der Waals surface area contributed by atoms with Crippen LogP contribution in [0.4, 0.5) is 0 Å². The van der Waals surface area contributed by atoms with Gasteiger partial charge in [0.05, 0.1) is 0 Å². The zero-order chi connectivity index (χ0) is 15.2. The van der Waals surface area contributed by atoms with Crippen LogP contribution in [0.25, 0.3) is 0 Å². The molecule has 112 valence electrons. The molecule has 2 rings (SSSR count). The average molecular weight is 291 g/mol. The SMILES string of the molecule is NC(=O)[C@H]1CCCCN1C(=O)COC(=O)c1ccccn1. The van der Waals surface area contributed by atoms with Crippen molar-refractivity contribution in [2.24, 2.45) is 5.73 Å². The van der Waals surface area contributed by atoms with Crippen molar-refractivity contribution in [1.29, 1.82) is 0 Å². The molecule has 1 aromatic heterocycles. The predicted octanol–water partition coefficient (Wildman–Crippen LogP) is 0.105. The van der Waals surface area contributed by atoms with Crippen LogP contribution in [-0.2, 0) is 14.3 Å². The predicted molar refractivity (Wildman–Crippen MR) is 73.1 cm³/mol. The van der Waals surface area contributed by atoms with Gasteiger partial charge in [-0.25, -0.2) is 9.78 Å². The Hall–Kier alpha value is -2.44. The molecule has 0 spiro atoms. The van der Waals surface area contributed by atoms with Gasteiger partial charge in [-0.3, -0.25) is 9.59 Å². The Kier molecular flexibility index (Phi) is 4.86. The largest absolute Gasteiger partial charge is 0.451 e. The standard InChI is InChI=1S/C14H17N3O4/c15-13(19)11-6-2-4-8-17(11)12(18)9-21-14(20)10-5-1-3-7-16-10/h1,3,5,7,11H,2,4,6,8-9H2,(H2,15,19)/t11-/m1/s1. The number of pyridine rings is 1. The van der Waals surface area contributed by atoms with Crippen molar-refractivity contribution in [2.75, 3.05) is 13.2 Å². The Morgan fingerprint density at radius 1 is 1.33 bits per heavy atom. The molecule has 21 heavy (non-hydrogen) atoms. The Balaban J connectivity index is 1.92. The second-order valence-electron chi connectivity index (χ2n) is 4.79. The van der Waals surface area contributed by atoms with Crippen molar-refractivity contribution < 1.29 is 19.1 Å². The number of nitrogens with zero attached hydrogens (tertiary/aromatic N) is 2. The molecule has 0 bridgehead atoms. The molecule has 0 aromatic carbocycles. The van der Waals surface area contributed by atoms with Crippen LogP contribution in [-0.4, -0.2) is 46.9 Å². The van der Waals surface area contributed by atoms with Gasteiger partial charge < -0.3 is 15.4 Å². The summed E-state index contributed by atoms with van der Waals surface area (Å²) in [6, 6.07) is 4.21.